The smallest absolute Gasteiger partial charge is 0.220 e. The minimum atomic E-state index is -1.58. The number of hydrogen-bond acceptors (Lipinski definition) is 8. The molecule has 1 saturated heterocycles. The molecule has 7 unspecified atom stereocenters. The molecule has 7 atom stereocenters. The predicted molar refractivity (Wildman–Crippen MR) is 415 cm³/mol. The minimum Gasteiger partial charge on any atom is -0.394 e. The number of allylic oxidation sites excluding steroid dienone is 7. The first-order valence-electron chi connectivity index (χ1n) is 42.9. The third-order valence-electron chi connectivity index (χ3n) is 20.6. The molecular formula is C87H165NO8. The largest absolute Gasteiger partial charge is 0.394 e. The highest BCUT2D eigenvalue weighted by Crippen LogP contribution is 2.24. The van der Waals surface area contributed by atoms with Crippen molar-refractivity contribution in [3.8, 4) is 0 Å². The van der Waals surface area contributed by atoms with Crippen LogP contribution < -0.4 is 5.32 Å². The Balaban J connectivity index is 2.05. The summed E-state index contributed by atoms with van der Waals surface area (Å²) in [6, 6.07) is -0.830. The molecule has 1 amide bonds. The number of amides is 1. The van der Waals surface area contributed by atoms with Gasteiger partial charge in [-0.3, -0.25) is 4.79 Å². The van der Waals surface area contributed by atoms with Crippen LogP contribution in [-0.2, 0) is 14.3 Å². The van der Waals surface area contributed by atoms with Crippen LogP contribution in [0.4, 0.5) is 0 Å². The monoisotopic (exact) mass is 1350 g/mol. The van der Waals surface area contributed by atoms with E-state index in [1.807, 2.05) is 6.08 Å². The highest BCUT2D eigenvalue weighted by Gasteiger charge is 2.44. The number of carbonyl (C=O) groups excluding carboxylic acids is 1. The fraction of sp³-hybridized carbons (Fsp3) is 0.897. The van der Waals surface area contributed by atoms with Crippen molar-refractivity contribution in [2.45, 2.75) is 487 Å². The second-order valence-electron chi connectivity index (χ2n) is 30.0. The summed E-state index contributed by atoms with van der Waals surface area (Å²) in [6.45, 7) is 3.82. The fourth-order valence-electron chi connectivity index (χ4n) is 14.0. The Labute approximate surface area is 596 Å². The molecule has 0 radical (unpaired) electrons. The number of rotatable bonds is 77. The van der Waals surface area contributed by atoms with E-state index < -0.39 is 49.5 Å². The van der Waals surface area contributed by atoms with Gasteiger partial charge >= 0.3 is 0 Å². The lowest BCUT2D eigenvalue weighted by Gasteiger charge is -2.40. The van der Waals surface area contributed by atoms with E-state index in [0.29, 0.717) is 6.42 Å². The van der Waals surface area contributed by atoms with E-state index >= 15 is 0 Å². The van der Waals surface area contributed by atoms with Crippen molar-refractivity contribution in [1.82, 2.24) is 5.32 Å². The van der Waals surface area contributed by atoms with Gasteiger partial charge in [-0.1, -0.05) is 416 Å². The summed E-state index contributed by atoms with van der Waals surface area (Å²) in [5.41, 5.74) is 0. The lowest BCUT2D eigenvalue weighted by molar-refractivity contribution is -0.302. The first-order chi connectivity index (χ1) is 47.3. The first-order valence-corrected chi connectivity index (χ1v) is 42.9. The van der Waals surface area contributed by atoms with Crippen LogP contribution in [0.3, 0.4) is 0 Å². The first kappa shape index (κ1) is 92.2. The SMILES string of the molecule is CCCCCCCCCC/C=C\CCCCCCCCCCCCCCCCCCCCCCCCCCCCCCCC(=O)NC(COC1OC(CO)C(O)C(O)C1O)C(O)/C=C/CC/C=C/CC/C=C/CCCCCCCCCCCCCCCCCCCCCCCC. The van der Waals surface area contributed by atoms with Crippen molar-refractivity contribution in [3.05, 3.63) is 48.6 Å². The lowest BCUT2D eigenvalue weighted by atomic mass is 9.99. The van der Waals surface area contributed by atoms with Crippen LogP contribution in [0.5, 0.6) is 0 Å². The number of aliphatic hydroxyl groups excluding tert-OH is 5. The number of unbranched alkanes of at least 4 members (excludes halogenated alkanes) is 61. The summed E-state index contributed by atoms with van der Waals surface area (Å²) in [4.78, 5) is 13.2. The van der Waals surface area contributed by atoms with Gasteiger partial charge in [0.25, 0.3) is 0 Å². The molecule has 9 heteroatoms. The molecular weight excluding hydrogens is 1190 g/mol. The van der Waals surface area contributed by atoms with Crippen LogP contribution in [0.1, 0.15) is 444 Å². The second kappa shape index (κ2) is 75.8. The quantitative estimate of drug-likeness (QED) is 0.0261. The van der Waals surface area contributed by atoms with Crippen molar-refractivity contribution in [3.63, 3.8) is 0 Å². The van der Waals surface area contributed by atoms with Gasteiger partial charge in [0.15, 0.2) is 6.29 Å². The van der Waals surface area contributed by atoms with Crippen LogP contribution in [-0.4, -0.2) is 87.5 Å². The third-order valence-corrected chi connectivity index (χ3v) is 20.6. The molecule has 1 fully saturated rings. The van der Waals surface area contributed by atoms with E-state index in [1.165, 1.54) is 379 Å². The zero-order valence-corrected chi connectivity index (χ0v) is 63.9. The summed E-state index contributed by atoms with van der Waals surface area (Å²) >= 11 is 0. The van der Waals surface area contributed by atoms with E-state index in [9.17, 15) is 30.3 Å². The molecule has 1 aliphatic heterocycles. The Morgan fingerprint density at radius 2 is 0.594 bits per heavy atom. The normalized spacial score (nSPS) is 17.6. The molecule has 0 aliphatic carbocycles. The van der Waals surface area contributed by atoms with Gasteiger partial charge in [0.1, 0.15) is 24.4 Å². The average molecular weight is 1350 g/mol. The van der Waals surface area contributed by atoms with Gasteiger partial charge in [0.05, 0.1) is 25.4 Å². The highest BCUT2D eigenvalue weighted by atomic mass is 16.7. The molecule has 0 aromatic heterocycles. The summed E-state index contributed by atoms with van der Waals surface area (Å²) in [7, 11) is 0. The summed E-state index contributed by atoms with van der Waals surface area (Å²) in [5.74, 6) is -0.182. The van der Waals surface area contributed by atoms with Gasteiger partial charge in [-0.15, -0.1) is 0 Å². The maximum absolute atomic E-state index is 13.2. The summed E-state index contributed by atoms with van der Waals surface area (Å²) < 4.78 is 11.3. The topological polar surface area (TPSA) is 149 Å². The summed E-state index contributed by atoms with van der Waals surface area (Å²) in [5, 5.41) is 54.9. The molecule has 9 nitrogen and oxygen atoms in total. The third kappa shape index (κ3) is 63.1. The standard InChI is InChI=1S/C87H165NO8/c1-3-5-7-9-11-13-15-17-19-21-23-25-27-29-31-33-35-37-38-39-40-41-42-43-44-45-47-49-51-53-55-57-59-61-63-65-67-69-71-73-75-77-83(91)88-80(79-95-87-86(94)85(93)84(92)82(78-89)96-87)81(90)76-74-72-70-68-66-64-62-60-58-56-54-52-50-48-46-36-34-32-30-28-26-24-22-20-18-16-14-12-10-8-6-4-2/h21,23,58,60,66,68,74,76,80-82,84-87,89-90,92-94H,3-20,22,24-57,59,61-65,67,69-73,75,77-79H2,1-2H3,(H,88,91)/b23-21-,60-58+,68-66+,76-74+. The van der Waals surface area contributed by atoms with Crippen molar-refractivity contribution in [2.75, 3.05) is 13.2 Å². The van der Waals surface area contributed by atoms with Gasteiger partial charge in [0.2, 0.25) is 5.91 Å². The average Bonchev–Trinajstić information content (AvgIpc) is 0.840. The van der Waals surface area contributed by atoms with Crippen molar-refractivity contribution in [2.24, 2.45) is 0 Å². The zero-order valence-electron chi connectivity index (χ0n) is 63.9. The molecule has 0 bridgehead atoms. The van der Waals surface area contributed by atoms with Crippen molar-refractivity contribution < 1.29 is 39.8 Å². The number of nitrogens with one attached hydrogen (secondary N) is 1. The number of ether oxygens (including phenoxy) is 2. The minimum absolute atomic E-state index is 0.182. The molecule has 96 heavy (non-hydrogen) atoms. The zero-order chi connectivity index (χ0) is 69.2. The molecule has 0 aromatic carbocycles. The number of hydrogen-bond donors (Lipinski definition) is 6. The van der Waals surface area contributed by atoms with Crippen LogP contribution in [0.2, 0.25) is 0 Å². The molecule has 6 N–H and O–H groups in total. The Kier molecular flexibility index (Phi) is 72.8. The van der Waals surface area contributed by atoms with Gasteiger partial charge in [-0.25, -0.2) is 0 Å². The molecule has 1 rings (SSSR count). The predicted octanol–water partition coefficient (Wildman–Crippen LogP) is 25.0. The molecule has 0 spiro atoms. The van der Waals surface area contributed by atoms with Gasteiger partial charge in [0, 0.05) is 6.42 Å². The Morgan fingerprint density at radius 1 is 0.344 bits per heavy atom. The Morgan fingerprint density at radius 3 is 0.875 bits per heavy atom. The van der Waals surface area contributed by atoms with E-state index in [0.717, 1.165) is 44.9 Å². The molecule has 1 aliphatic rings. The fourth-order valence-corrected chi connectivity index (χ4v) is 14.0. The second-order valence-corrected chi connectivity index (χ2v) is 30.0. The van der Waals surface area contributed by atoms with Gasteiger partial charge < -0.3 is 40.3 Å². The van der Waals surface area contributed by atoms with E-state index in [-0.39, 0.29) is 12.5 Å². The van der Waals surface area contributed by atoms with Gasteiger partial charge in [-0.05, 0) is 70.6 Å². The molecule has 1 heterocycles. The number of aliphatic hydroxyl groups is 5. The summed E-state index contributed by atoms with van der Waals surface area (Å²) in [6.07, 6.45) is 98.8. The maximum atomic E-state index is 13.2. The van der Waals surface area contributed by atoms with E-state index in [4.69, 9.17) is 9.47 Å². The van der Waals surface area contributed by atoms with Crippen molar-refractivity contribution >= 4 is 5.91 Å². The maximum Gasteiger partial charge on any atom is 0.220 e. The van der Waals surface area contributed by atoms with Crippen LogP contribution in [0, 0.1) is 0 Å². The van der Waals surface area contributed by atoms with Crippen LogP contribution >= 0.6 is 0 Å². The Bertz CT molecular complexity index is 1670. The van der Waals surface area contributed by atoms with Gasteiger partial charge in [-0.2, -0.15) is 0 Å². The molecule has 566 valence electrons. The molecule has 0 saturated carbocycles. The van der Waals surface area contributed by atoms with E-state index in [2.05, 4.69) is 55.6 Å². The number of carbonyl (C=O) groups is 1. The molecule has 0 aromatic rings. The lowest BCUT2D eigenvalue weighted by Crippen LogP contribution is -2.60. The van der Waals surface area contributed by atoms with Crippen molar-refractivity contribution in [1.29, 1.82) is 0 Å². The van der Waals surface area contributed by atoms with E-state index in [1.54, 1.807) is 6.08 Å². The highest BCUT2D eigenvalue weighted by molar-refractivity contribution is 5.76. The van der Waals surface area contributed by atoms with Crippen LogP contribution in [0.25, 0.3) is 0 Å². The van der Waals surface area contributed by atoms with Crippen LogP contribution in [0.15, 0.2) is 48.6 Å². The Hall–Kier alpha value is -1.85.